The summed E-state index contributed by atoms with van der Waals surface area (Å²) in [5, 5.41) is 30.8. The molecule has 9 atom stereocenters. The fraction of sp³-hybridized carbons (Fsp3) is 0.714. The number of allylic oxidation sites excluding steroid dienone is 7. The number of aromatic nitrogens is 2. The van der Waals surface area contributed by atoms with E-state index in [-0.39, 0.29) is 18.7 Å². The van der Waals surface area contributed by atoms with Crippen molar-refractivity contribution in [3.05, 3.63) is 71.4 Å². The third-order valence-corrected chi connectivity index (χ3v) is 14.1. The van der Waals surface area contributed by atoms with Crippen LogP contribution >= 0.6 is 15.6 Å². The lowest BCUT2D eigenvalue weighted by Crippen LogP contribution is -2.36. The Bertz CT molecular complexity index is 1890. The molecule has 1 saturated heterocycles. The van der Waals surface area contributed by atoms with Gasteiger partial charge in [-0.25, -0.2) is 13.9 Å². The second-order valence-corrected chi connectivity index (χ2v) is 20.8. The van der Waals surface area contributed by atoms with E-state index in [1.165, 1.54) is 51.0 Å². The first-order valence-electron chi connectivity index (χ1n) is 25.1. The summed E-state index contributed by atoms with van der Waals surface area (Å²) in [5.74, 6) is -0.592. The van der Waals surface area contributed by atoms with Gasteiger partial charge in [0.25, 0.3) is 0 Å². The van der Waals surface area contributed by atoms with Crippen LogP contribution < -0.4 is 11.4 Å². The van der Waals surface area contributed by atoms with Gasteiger partial charge in [0.2, 0.25) is 0 Å². The van der Waals surface area contributed by atoms with E-state index in [9.17, 15) is 48.6 Å². The smallest absolute Gasteiger partial charge is 0.462 e. The second-order valence-electron chi connectivity index (χ2n) is 17.7. The normalized spacial score (nSPS) is 20.6. The number of unbranched alkanes of at least 4 members (excludes halogenated alkanes) is 11. The van der Waals surface area contributed by atoms with Crippen molar-refractivity contribution < 1.29 is 71.4 Å². The third-order valence-electron chi connectivity index (χ3n) is 11.5. The fourth-order valence-corrected chi connectivity index (χ4v) is 9.29. The number of carbonyl (C=O) groups excluding carboxylic acids is 2. The summed E-state index contributed by atoms with van der Waals surface area (Å²) in [5.41, 5.74) is 4.58. The zero-order valence-corrected chi connectivity index (χ0v) is 43.4. The molecule has 7 N–H and O–H groups in total. The summed E-state index contributed by atoms with van der Waals surface area (Å²) in [4.78, 5) is 61.8. The minimum atomic E-state index is -5.44. The molecular formula is C49H83N3O16P2. The first-order valence-corrected chi connectivity index (χ1v) is 28.1. The maximum absolute atomic E-state index is 12.8. The Labute approximate surface area is 414 Å². The zero-order valence-electron chi connectivity index (χ0n) is 41.6. The summed E-state index contributed by atoms with van der Waals surface area (Å²) in [6, 6.07) is 1.24. The summed E-state index contributed by atoms with van der Waals surface area (Å²) >= 11 is 0. The average Bonchev–Trinajstić information content (AvgIpc) is 3.59. The molecule has 0 saturated carbocycles. The molecule has 1 aromatic heterocycles. The third kappa shape index (κ3) is 29.3. The van der Waals surface area contributed by atoms with Crippen LogP contribution in [0.15, 0.2) is 65.7 Å². The SMILES string of the molecule is CCCC[C@@H](O)/C=C\C/C=C\C/C=C\C/C=C\CCCC(=O)O[C@H](COC(=O)CCCCCCCCCCCCC(C)CC)COP(=O)(O)OP(=O)(O)OC[C@H]1O[C@@H](n2ccc(N)nc2=O)[C@H](O)[C@@H]1O. The van der Waals surface area contributed by atoms with E-state index in [1.54, 1.807) is 0 Å². The van der Waals surface area contributed by atoms with Gasteiger partial charge in [0.1, 0.15) is 30.7 Å². The van der Waals surface area contributed by atoms with Crippen molar-refractivity contribution in [2.45, 2.75) is 199 Å². The van der Waals surface area contributed by atoms with Crippen LogP contribution in [0.3, 0.4) is 0 Å². The van der Waals surface area contributed by atoms with Gasteiger partial charge in [0.05, 0.1) is 19.3 Å². The van der Waals surface area contributed by atoms with Crippen molar-refractivity contribution in [3.8, 4) is 0 Å². The summed E-state index contributed by atoms with van der Waals surface area (Å²) in [7, 11) is -10.9. The Morgan fingerprint density at radius 3 is 2.00 bits per heavy atom. The highest BCUT2D eigenvalue weighted by Gasteiger charge is 2.46. The number of esters is 2. The lowest BCUT2D eigenvalue weighted by Gasteiger charge is -2.21. The highest BCUT2D eigenvalue weighted by atomic mass is 31.3. The molecule has 2 rings (SSSR count). The molecule has 0 aromatic carbocycles. The number of ether oxygens (including phenoxy) is 3. The van der Waals surface area contributed by atoms with Crippen molar-refractivity contribution in [2.24, 2.45) is 5.92 Å². The molecular weight excluding hydrogens is 948 g/mol. The Kier molecular flexibility index (Phi) is 32.8. The minimum absolute atomic E-state index is 0.0428. The number of anilines is 1. The molecule has 400 valence electrons. The van der Waals surface area contributed by atoms with Gasteiger partial charge in [0, 0.05) is 19.0 Å². The fourth-order valence-electron chi connectivity index (χ4n) is 7.18. The van der Waals surface area contributed by atoms with E-state index in [1.807, 2.05) is 42.5 Å². The molecule has 21 heteroatoms. The number of phosphoric ester groups is 2. The minimum Gasteiger partial charge on any atom is -0.462 e. The molecule has 0 bridgehead atoms. The highest BCUT2D eigenvalue weighted by molar-refractivity contribution is 7.61. The number of nitrogens with two attached hydrogens (primary N) is 1. The summed E-state index contributed by atoms with van der Waals surface area (Å²) < 4.78 is 56.7. The van der Waals surface area contributed by atoms with E-state index >= 15 is 0 Å². The topological polar surface area (TPSA) is 286 Å². The molecule has 70 heavy (non-hydrogen) atoms. The Morgan fingerprint density at radius 1 is 0.786 bits per heavy atom. The number of hydrogen-bond donors (Lipinski definition) is 6. The molecule has 2 heterocycles. The maximum atomic E-state index is 12.8. The lowest BCUT2D eigenvalue weighted by atomic mass is 9.99. The van der Waals surface area contributed by atoms with Gasteiger partial charge in [0.15, 0.2) is 12.3 Å². The van der Waals surface area contributed by atoms with Crippen LogP contribution in [-0.4, -0.2) is 96.9 Å². The summed E-state index contributed by atoms with van der Waals surface area (Å²) in [6.07, 6.45) is 28.3. The molecule has 1 aromatic rings. The molecule has 1 aliphatic heterocycles. The number of carbonyl (C=O) groups is 2. The standard InChI is InChI=1S/C49H83N3O16P2/c1-4-6-30-40(53)31-26-22-18-14-9-7-8-10-16-20-24-28-33-45(55)66-41(36-63-44(54)32-27-23-19-15-12-11-13-17-21-25-29-39(3)5-2)37-64-69(59,60)68-70(61,62)65-38-42-46(56)47(57)48(67-42)52-35-34-43(50)51-49(52)58/h7-8,14,16,18,20,26,31,34-35,39-42,46-48,53,56-57H,4-6,9-13,15,17,19,21-25,27-30,32-33,36-38H2,1-3H3,(H,59,60)(H,61,62)(H2,50,51,58)/b8-7-,18-14-,20-16-,31-26-/t39?,40-,41-,42-,46-,47-,48-/m1/s1. The number of nitrogen functional groups attached to an aromatic ring is 1. The van der Waals surface area contributed by atoms with Gasteiger partial charge < -0.3 is 45.1 Å². The monoisotopic (exact) mass is 1030 g/mol. The Hall–Kier alpha value is -3.32. The van der Waals surface area contributed by atoms with Crippen LogP contribution in [0.25, 0.3) is 0 Å². The number of nitrogens with zero attached hydrogens (tertiary/aromatic N) is 2. The van der Waals surface area contributed by atoms with E-state index in [2.05, 4.69) is 36.1 Å². The molecule has 1 fully saturated rings. The predicted molar refractivity (Wildman–Crippen MR) is 267 cm³/mol. The largest absolute Gasteiger partial charge is 0.481 e. The molecule has 0 radical (unpaired) electrons. The van der Waals surface area contributed by atoms with Gasteiger partial charge in [-0.15, -0.1) is 0 Å². The quantitative estimate of drug-likeness (QED) is 0.0155. The van der Waals surface area contributed by atoms with Crippen molar-refractivity contribution in [1.82, 2.24) is 9.55 Å². The molecule has 0 amide bonds. The maximum Gasteiger partial charge on any atom is 0.481 e. The molecule has 19 nitrogen and oxygen atoms in total. The predicted octanol–water partition coefficient (Wildman–Crippen LogP) is 8.99. The van der Waals surface area contributed by atoms with Gasteiger partial charge >= 0.3 is 33.3 Å². The van der Waals surface area contributed by atoms with Crippen LogP contribution in [0.5, 0.6) is 0 Å². The van der Waals surface area contributed by atoms with Crippen LogP contribution in [0.1, 0.15) is 168 Å². The van der Waals surface area contributed by atoms with E-state index in [0.717, 1.165) is 74.5 Å². The Balaban J connectivity index is 1.84. The first kappa shape index (κ1) is 62.8. The van der Waals surface area contributed by atoms with Crippen LogP contribution in [0, 0.1) is 5.92 Å². The van der Waals surface area contributed by atoms with Gasteiger partial charge in [-0.1, -0.05) is 153 Å². The van der Waals surface area contributed by atoms with Crippen LogP contribution in [-0.2, 0) is 46.3 Å². The second kappa shape index (κ2) is 36.6. The first-order chi connectivity index (χ1) is 33.5. The highest BCUT2D eigenvalue weighted by Crippen LogP contribution is 2.60. The van der Waals surface area contributed by atoms with E-state index in [4.69, 9.17) is 29.0 Å². The van der Waals surface area contributed by atoms with Crippen molar-refractivity contribution >= 4 is 33.4 Å². The van der Waals surface area contributed by atoms with Crippen molar-refractivity contribution in [2.75, 3.05) is 25.6 Å². The van der Waals surface area contributed by atoms with Crippen LogP contribution in [0.2, 0.25) is 0 Å². The van der Waals surface area contributed by atoms with Gasteiger partial charge in [-0.3, -0.25) is 23.2 Å². The lowest BCUT2D eigenvalue weighted by molar-refractivity contribution is -0.161. The van der Waals surface area contributed by atoms with E-state index in [0.29, 0.717) is 25.7 Å². The van der Waals surface area contributed by atoms with Crippen LogP contribution in [0.4, 0.5) is 5.82 Å². The number of aliphatic hydroxyl groups is 3. The van der Waals surface area contributed by atoms with Crippen molar-refractivity contribution in [3.63, 3.8) is 0 Å². The number of hydrogen-bond acceptors (Lipinski definition) is 16. The number of phosphoric acid groups is 2. The number of aliphatic hydroxyl groups excluding tert-OH is 3. The molecule has 0 spiro atoms. The van der Waals surface area contributed by atoms with Gasteiger partial charge in [-0.05, 0) is 56.9 Å². The number of rotatable bonds is 40. The Morgan fingerprint density at radius 2 is 1.37 bits per heavy atom. The van der Waals surface area contributed by atoms with Gasteiger partial charge in [-0.2, -0.15) is 9.29 Å². The summed E-state index contributed by atoms with van der Waals surface area (Å²) in [6.45, 7) is 4.25. The van der Waals surface area contributed by atoms with Crippen molar-refractivity contribution in [1.29, 1.82) is 0 Å². The van der Waals surface area contributed by atoms with E-state index < -0.39 is 89.8 Å². The zero-order chi connectivity index (χ0) is 51.6. The average molecular weight is 1030 g/mol. The molecule has 3 unspecified atom stereocenters. The molecule has 0 aliphatic carbocycles. The molecule has 1 aliphatic rings.